The van der Waals surface area contributed by atoms with Gasteiger partial charge in [0.15, 0.2) is 0 Å². The Hall–Kier alpha value is -0.830. The van der Waals surface area contributed by atoms with Crippen molar-refractivity contribution in [2.45, 2.75) is 12.5 Å². The van der Waals surface area contributed by atoms with Crippen molar-refractivity contribution in [2.24, 2.45) is 5.73 Å². The standard InChI is InChI=1S/C14H13BrClN/c15-12-6-4-10(5-7-12)8-14(17)11-2-1-3-13(16)9-11/h1-7,9,14H,8,17H2. The first-order valence-electron chi connectivity index (χ1n) is 5.40. The van der Waals surface area contributed by atoms with Gasteiger partial charge in [-0.2, -0.15) is 0 Å². The summed E-state index contributed by atoms with van der Waals surface area (Å²) in [6.07, 6.45) is 0.813. The van der Waals surface area contributed by atoms with Crippen LogP contribution in [0.4, 0.5) is 0 Å². The minimum absolute atomic E-state index is 0.0186. The number of hydrogen-bond acceptors (Lipinski definition) is 1. The van der Waals surface area contributed by atoms with E-state index in [2.05, 4.69) is 28.1 Å². The molecule has 0 aliphatic heterocycles. The van der Waals surface area contributed by atoms with Crippen LogP contribution in [0.15, 0.2) is 53.0 Å². The van der Waals surface area contributed by atoms with E-state index in [9.17, 15) is 0 Å². The quantitative estimate of drug-likeness (QED) is 0.896. The second-order valence-electron chi connectivity index (χ2n) is 3.99. The van der Waals surface area contributed by atoms with E-state index in [0.717, 1.165) is 21.5 Å². The predicted octanol–water partition coefficient (Wildman–Crippen LogP) is 4.35. The van der Waals surface area contributed by atoms with Crippen molar-refractivity contribution < 1.29 is 0 Å². The lowest BCUT2D eigenvalue weighted by Crippen LogP contribution is -2.13. The van der Waals surface area contributed by atoms with Crippen molar-refractivity contribution in [3.63, 3.8) is 0 Å². The SMILES string of the molecule is NC(Cc1ccc(Br)cc1)c1cccc(Cl)c1. The molecule has 0 saturated heterocycles. The van der Waals surface area contributed by atoms with Crippen LogP contribution in [0.1, 0.15) is 17.2 Å². The summed E-state index contributed by atoms with van der Waals surface area (Å²) in [4.78, 5) is 0. The third-order valence-corrected chi connectivity index (χ3v) is 3.41. The van der Waals surface area contributed by atoms with Gasteiger partial charge >= 0.3 is 0 Å². The lowest BCUT2D eigenvalue weighted by atomic mass is 10.00. The molecule has 0 amide bonds. The number of halogens is 2. The fourth-order valence-electron chi connectivity index (χ4n) is 1.73. The van der Waals surface area contributed by atoms with Crippen LogP contribution in [-0.2, 0) is 6.42 Å². The molecular weight excluding hydrogens is 298 g/mol. The summed E-state index contributed by atoms with van der Waals surface area (Å²) in [7, 11) is 0. The Bertz CT molecular complexity index is 496. The maximum absolute atomic E-state index is 6.16. The van der Waals surface area contributed by atoms with Crippen LogP contribution < -0.4 is 5.73 Å². The number of rotatable bonds is 3. The van der Waals surface area contributed by atoms with Crippen LogP contribution in [0, 0.1) is 0 Å². The highest BCUT2D eigenvalue weighted by molar-refractivity contribution is 9.10. The topological polar surface area (TPSA) is 26.0 Å². The van der Waals surface area contributed by atoms with Gasteiger partial charge < -0.3 is 5.73 Å². The van der Waals surface area contributed by atoms with Crippen molar-refractivity contribution in [3.05, 3.63) is 69.2 Å². The summed E-state index contributed by atoms with van der Waals surface area (Å²) in [5, 5.41) is 0.730. The Morgan fingerprint density at radius 2 is 1.82 bits per heavy atom. The van der Waals surface area contributed by atoms with Gasteiger partial charge in [0.05, 0.1) is 0 Å². The molecule has 0 saturated carbocycles. The molecule has 17 heavy (non-hydrogen) atoms. The maximum atomic E-state index is 6.16. The Morgan fingerprint density at radius 3 is 2.47 bits per heavy atom. The molecule has 0 aromatic heterocycles. The number of hydrogen-bond donors (Lipinski definition) is 1. The monoisotopic (exact) mass is 309 g/mol. The Labute approximate surface area is 115 Å². The molecule has 2 rings (SSSR count). The van der Waals surface area contributed by atoms with Crippen LogP contribution >= 0.6 is 27.5 Å². The van der Waals surface area contributed by atoms with Crippen LogP contribution in [0.25, 0.3) is 0 Å². The summed E-state index contributed by atoms with van der Waals surface area (Å²) in [6.45, 7) is 0. The van der Waals surface area contributed by atoms with Gasteiger partial charge in [0.2, 0.25) is 0 Å². The van der Waals surface area contributed by atoms with Crippen LogP contribution in [0.5, 0.6) is 0 Å². The highest BCUT2D eigenvalue weighted by Crippen LogP contribution is 2.20. The normalized spacial score (nSPS) is 12.4. The second kappa shape index (κ2) is 5.67. The molecule has 0 fully saturated rings. The summed E-state index contributed by atoms with van der Waals surface area (Å²) in [6, 6.07) is 15.9. The average Bonchev–Trinajstić information content (AvgIpc) is 2.32. The van der Waals surface area contributed by atoms with E-state index in [1.54, 1.807) is 0 Å². The van der Waals surface area contributed by atoms with E-state index in [4.69, 9.17) is 17.3 Å². The predicted molar refractivity (Wildman–Crippen MR) is 76.2 cm³/mol. The van der Waals surface area contributed by atoms with E-state index in [-0.39, 0.29) is 6.04 Å². The van der Waals surface area contributed by atoms with E-state index in [1.807, 2.05) is 36.4 Å². The first-order valence-corrected chi connectivity index (χ1v) is 6.58. The molecule has 1 atom stereocenters. The van der Waals surface area contributed by atoms with Gasteiger partial charge in [0, 0.05) is 15.5 Å². The summed E-state index contributed by atoms with van der Waals surface area (Å²) in [5.74, 6) is 0. The lowest BCUT2D eigenvalue weighted by Gasteiger charge is -2.12. The van der Waals surface area contributed by atoms with Crippen molar-refractivity contribution in [1.82, 2.24) is 0 Å². The Balaban J connectivity index is 2.11. The zero-order valence-corrected chi connectivity index (χ0v) is 11.6. The maximum Gasteiger partial charge on any atom is 0.0409 e. The van der Waals surface area contributed by atoms with E-state index < -0.39 is 0 Å². The number of nitrogens with two attached hydrogens (primary N) is 1. The molecule has 3 heteroatoms. The van der Waals surface area contributed by atoms with Gasteiger partial charge in [-0.15, -0.1) is 0 Å². The van der Waals surface area contributed by atoms with E-state index in [0.29, 0.717) is 0 Å². The van der Waals surface area contributed by atoms with Gasteiger partial charge in [-0.1, -0.05) is 51.8 Å². The third kappa shape index (κ3) is 3.56. The molecule has 0 bridgehead atoms. The molecule has 0 radical (unpaired) electrons. The van der Waals surface area contributed by atoms with E-state index in [1.165, 1.54) is 5.56 Å². The molecular formula is C14H13BrClN. The fourth-order valence-corrected chi connectivity index (χ4v) is 2.19. The molecule has 2 aromatic rings. The smallest absolute Gasteiger partial charge is 0.0409 e. The van der Waals surface area contributed by atoms with Gasteiger partial charge in [-0.05, 0) is 41.8 Å². The molecule has 0 spiro atoms. The zero-order valence-electron chi connectivity index (χ0n) is 9.24. The molecule has 2 N–H and O–H groups in total. The summed E-state index contributed by atoms with van der Waals surface area (Å²) in [5.41, 5.74) is 8.46. The van der Waals surface area contributed by atoms with Crippen molar-refractivity contribution in [3.8, 4) is 0 Å². The van der Waals surface area contributed by atoms with Gasteiger partial charge in [-0.3, -0.25) is 0 Å². The molecule has 1 unspecified atom stereocenters. The average molecular weight is 311 g/mol. The molecule has 2 aromatic carbocycles. The second-order valence-corrected chi connectivity index (χ2v) is 5.34. The lowest BCUT2D eigenvalue weighted by molar-refractivity contribution is 0.722. The van der Waals surface area contributed by atoms with Crippen LogP contribution in [-0.4, -0.2) is 0 Å². The van der Waals surface area contributed by atoms with Crippen molar-refractivity contribution in [2.75, 3.05) is 0 Å². The molecule has 88 valence electrons. The Morgan fingerprint density at radius 1 is 1.12 bits per heavy atom. The molecule has 0 heterocycles. The highest BCUT2D eigenvalue weighted by Gasteiger charge is 2.07. The Kier molecular flexibility index (Phi) is 4.21. The molecule has 1 nitrogen and oxygen atoms in total. The minimum atomic E-state index is -0.0186. The van der Waals surface area contributed by atoms with E-state index >= 15 is 0 Å². The largest absolute Gasteiger partial charge is 0.324 e. The fraction of sp³-hybridized carbons (Fsp3) is 0.143. The zero-order chi connectivity index (χ0) is 12.3. The third-order valence-electron chi connectivity index (χ3n) is 2.65. The first kappa shape index (κ1) is 12.6. The summed E-state index contributed by atoms with van der Waals surface area (Å²) < 4.78 is 1.08. The first-order chi connectivity index (χ1) is 8.15. The molecule has 0 aliphatic rings. The van der Waals surface area contributed by atoms with Gasteiger partial charge in [0.1, 0.15) is 0 Å². The van der Waals surface area contributed by atoms with Crippen molar-refractivity contribution >= 4 is 27.5 Å². The number of benzene rings is 2. The highest BCUT2D eigenvalue weighted by atomic mass is 79.9. The van der Waals surface area contributed by atoms with Crippen LogP contribution in [0.2, 0.25) is 5.02 Å². The molecule has 0 aliphatic carbocycles. The summed E-state index contributed by atoms with van der Waals surface area (Å²) >= 11 is 9.37. The van der Waals surface area contributed by atoms with Crippen molar-refractivity contribution in [1.29, 1.82) is 0 Å². The minimum Gasteiger partial charge on any atom is -0.324 e. The van der Waals surface area contributed by atoms with Gasteiger partial charge in [-0.25, -0.2) is 0 Å². The van der Waals surface area contributed by atoms with Crippen LogP contribution in [0.3, 0.4) is 0 Å². The van der Waals surface area contributed by atoms with Gasteiger partial charge in [0.25, 0.3) is 0 Å².